The number of hydrogen-bond donors (Lipinski definition) is 1. The van der Waals surface area contributed by atoms with E-state index in [4.69, 9.17) is 5.11 Å². The second kappa shape index (κ2) is 5.26. The average molecular weight is 279 g/mol. The largest absolute Gasteiger partial charge is 0.481 e. The van der Waals surface area contributed by atoms with Gasteiger partial charge in [-0.2, -0.15) is 5.10 Å². The van der Waals surface area contributed by atoms with Gasteiger partial charge in [-0.25, -0.2) is 0 Å². The Bertz CT molecular complexity index is 550. The van der Waals surface area contributed by atoms with Gasteiger partial charge in [0.2, 0.25) is 0 Å². The number of amides is 1. The molecule has 0 radical (unpaired) electrons. The molecule has 1 saturated heterocycles. The van der Waals surface area contributed by atoms with E-state index in [1.165, 1.54) is 0 Å². The van der Waals surface area contributed by atoms with Gasteiger partial charge in [0.25, 0.3) is 5.91 Å². The van der Waals surface area contributed by atoms with Crippen molar-refractivity contribution < 1.29 is 14.7 Å². The van der Waals surface area contributed by atoms with Crippen LogP contribution in [0.15, 0.2) is 0 Å². The van der Waals surface area contributed by atoms with Crippen LogP contribution in [0.3, 0.4) is 0 Å². The van der Waals surface area contributed by atoms with Crippen LogP contribution >= 0.6 is 0 Å². The predicted octanol–water partition coefficient (Wildman–Crippen LogP) is 1.36. The summed E-state index contributed by atoms with van der Waals surface area (Å²) in [6.07, 6.45) is 1.03. The molecule has 6 nitrogen and oxygen atoms in total. The molecule has 2 unspecified atom stereocenters. The van der Waals surface area contributed by atoms with Gasteiger partial charge in [-0.05, 0) is 33.6 Å². The minimum absolute atomic E-state index is 0.0376. The van der Waals surface area contributed by atoms with Gasteiger partial charge >= 0.3 is 5.97 Å². The molecule has 0 aromatic carbocycles. The molecule has 2 heterocycles. The molecule has 2 atom stereocenters. The maximum Gasteiger partial charge on any atom is 0.306 e. The number of carboxylic acids is 1. The van der Waals surface area contributed by atoms with Crippen molar-refractivity contribution in [1.29, 1.82) is 0 Å². The van der Waals surface area contributed by atoms with E-state index in [-0.39, 0.29) is 17.9 Å². The van der Waals surface area contributed by atoms with Crippen LogP contribution in [0.5, 0.6) is 0 Å². The maximum atomic E-state index is 12.7. The van der Waals surface area contributed by atoms with Crippen LogP contribution in [0, 0.1) is 19.8 Å². The molecule has 110 valence electrons. The van der Waals surface area contributed by atoms with Crippen molar-refractivity contribution in [3.8, 4) is 0 Å². The van der Waals surface area contributed by atoms with Crippen LogP contribution in [0.1, 0.15) is 41.5 Å². The van der Waals surface area contributed by atoms with Crippen molar-refractivity contribution >= 4 is 11.9 Å². The highest BCUT2D eigenvalue weighted by Gasteiger charge is 2.34. The number of aryl methyl sites for hydroxylation is 2. The van der Waals surface area contributed by atoms with E-state index in [9.17, 15) is 9.59 Å². The second-order valence-corrected chi connectivity index (χ2v) is 5.58. The van der Waals surface area contributed by atoms with E-state index in [2.05, 4.69) is 5.10 Å². The van der Waals surface area contributed by atoms with E-state index in [0.717, 1.165) is 11.4 Å². The quantitative estimate of drug-likeness (QED) is 0.887. The molecule has 1 N–H and O–H groups in total. The third-order valence-corrected chi connectivity index (χ3v) is 4.21. The van der Waals surface area contributed by atoms with Gasteiger partial charge < -0.3 is 10.0 Å². The van der Waals surface area contributed by atoms with Crippen LogP contribution in [-0.2, 0) is 11.8 Å². The summed E-state index contributed by atoms with van der Waals surface area (Å²) in [7, 11) is 1.82. The van der Waals surface area contributed by atoms with Gasteiger partial charge in [-0.1, -0.05) is 0 Å². The topological polar surface area (TPSA) is 75.4 Å². The first-order valence-electron chi connectivity index (χ1n) is 6.87. The molecule has 1 aliphatic rings. The van der Waals surface area contributed by atoms with Crippen molar-refractivity contribution in [2.75, 3.05) is 6.54 Å². The minimum atomic E-state index is -0.766. The lowest BCUT2D eigenvalue weighted by molar-refractivity contribution is -0.143. The number of carbonyl (C=O) groups excluding carboxylic acids is 1. The molecule has 1 aromatic heterocycles. The highest BCUT2D eigenvalue weighted by atomic mass is 16.4. The van der Waals surface area contributed by atoms with E-state index in [1.807, 2.05) is 27.8 Å². The van der Waals surface area contributed by atoms with Gasteiger partial charge in [-0.15, -0.1) is 0 Å². The van der Waals surface area contributed by atoms with Crippen molar-refractivity contribution in [3.05, 3.63) is 17.0 Å². The first-order chi connectivity index (χ1) is 9.32. The predicted molar refractivity (Wildman–Crippen MR) is 73.5 cm³/mol. The number of rotatable bonds is 2. The van der Waals surface area contributed by atoms with Crippen LogP contribution in [-0.4, -0.2) is 44.3 Å². The Kier molecular flexibility index (Phi) is 3.83. The van der Waals surface area contributed by atoms with E-state index < -0.39 is 5.97 Å². The Labute approximate surface area is 118 Å². The van der Waals surface area contributed by atoms with Gasteiger partial charge in [-0.3, -0.25) is 14.3 Å². The number of piperidine rings is 1. The number of carboxylic acid groups (broad SMARTS) is 1. The summed E-state index contributed by atoms with van der Waals surface area (Å²) >= 11 is 0. The standard InChI is InChI=1S/C14H21N3O3/c1-8-7-11(14(19)20)5-6-17(8)13(18)12-9(2)15-16(4)10(12)3/h8,11H,5-7H2,1-4H3,(H,19,20). The Morgan fingerprint density at radius 3 is 2.45 bits per heavy atom. The Morgan fingerprint density at radius 1 is 1.35 bits per heavy atom. The molecular formula is C14H21N3O3. The Balaban J connectivity index is 2.20. The monoisotopic (exact) mass is 279 g/mol. The highest BCUT2D eigenvalue weighted by molar-refractivity contribution is 5.96. The summed E-state index contributed by atoms with van der Waals surface area (Å²) in [4.78, 5) is 25.5. The third-order valence-electron chi connectivity index (χ3n) is 4.21. The summed E-state index contributed by atoms with van der Waals surface area (Å²) < 4.78 is 1.71. The number of aliphatic carboxylic acids is 1. The summed E-state index contributed by atoms with van der Waals surface area (Å²) in [6.45, 7) is 6.11. The van der Waals surface area contributed by atoms with Crippen molar-refractivity contribution in [1.82, 2.24) is 14.7 Å². The van der Waals surface area contributed by atoms with Crippen molar-refractivity contribution in [3.63, 3.8) is 0 Å². The fraction of sp³-hybridized carbons (Fsp3) is 0.643. The molecule has 6 heteroatoms. The molecule has 1 amide bonds. The fourth-order valence-corrected chi connectivity index (χ4v) is 2.92. The molecule has 0 spiro atoms. The summed E-state index contributed by atoms with van der Waals surface area (Å²) in [5.74, 6) is -1.15. The fourth-order valence-electron chi connectivity index (χ4n) is 2.92. The molecular weight excluding hydrogens is 258 g/mol. The lowest BCUT2D eigenvalue weighted by Crippen LogP contribution is -2.46. The zero-order chi connectivity index (χ0) is 15.0. The summed E-state index contributed by atoms with van der Waals surface area (Å²) in [5.41, 5.74) is 2.22. The molecule has 20 heavy (non-hydrogen) atoms. The van der Waals surface area contributed by atoms with Crippen molar-refractivity contribution in [2.24, 2.45) is 13.0 Å². The normalized spacial score (nSPS) is 22.9. The molecule has 0 aliphatic carbocycles. The van der Waals surface area contributed by atoms with Gasteiger partial charge in [0.1, 0.15) is 0 Å². The zero-order valence-electron chi connectivity index (χ0n) is 12.4. The Hall–Kier alpha value is -1.85. The summed E-state index contributed by atoms with van der Waals surface area (Å²) in [5, 5.41) is 13.3. The molecule has 1 fully saturated rings. The number of likely N-dealkylation sites (tertiary alicyclic amines) is 1. The number of aromatic nitrogens is 2. The number of carbonyl (C=O) groups is 2. The minimum Gasteiger partial charge on any atom is -0.481 e. The van der Waals surface area contributed by atoms with Crippen molar-refractivity contribution in [2.45, 2.75) is 39.7 Å². The SMILES string of the molecule is Cc1nn(C)c(C)c1C(=O)N1CCC(C(=O)O)CC1C. The third kappa shape index (κ3) is 2.42. The second-order valence-electron chi connectivity index (χ2n) is 5.58. The van der Waals surface area contributed by atoms with Crippen LogP contribution in [0.2, 0.25) is 0 Å². The van der Waals surface area contributed by atoms with E-state index in [0.29, 0.717) is 24.9 Å². The first-order valence-corrected chi connectivity index (χ1v) is 6.87. The van der Waals surface area contributed by atoms with E-state index in [1.54, 1.807) is 9.58 Å². The van der Waals surface area contributed by atoms with Crippen LogP contribution in [0.4, 0.5) is 0 Å². The lowest BCUT2D eigenvalue weighted by atomic mass is 9.91. The van der Waals surface area contributed by atoms with Gasteiger partial charge in [0.05, 0.1) is 17.2 Å². The number of hydrogen-bond acceptors (Lipinski definition) is 3. The van der Waals surface area contributed by atoms with Gasteiger partial charge in [0.15, 0.2) is 0 Å². The first kappa shape index (κ1) is 14.6. The molecule has 0 saturated carbocycles. The highest BCUT2D eigenvalue weighted by Crippen LogP contribution is 2.26. The summed E-state index contributed by atoms with van der Waals surface area (Å²) in [6, 6.07) is -0.0589. The van der Waals surface area contributed by atoms with Crippen LogP contribution in [0.25, 0.3) is 0 Å². The number of nitrogens with zero attached hydrogens (tertiary/aromatic N) is 3. The smallest absolute Gasteiger partial charge is 0.306 e. The molecule has 0 bridgehead atoms. The zero-order valence-corrected chi connectivity index (χ0v) is 12.4. The Morgan fingerprint density at radius 2 is 2.00 bits per heavy atom. The molecule has 1 aromatic rings. The van der Waals surface area contributed by atoms with Gasteiger partial charge in [0, 0.05) is 25.3 Å². The molecule has 2 rings (SSSR count). The molecule has 1 aliphatic heterocycles. The lowest BCUT2D eigenvalue weighted by Gasteiger charge is -2.36. The average Bonchev–Trinajstić information content (AvgIpc) is 2.62. The van der Waals surface area contributed by atoms with Crippen LogP contribution < -0.4 is 0 Å². The van der Waals surface area contributed by atoms with E-state index >= 15 is 0 Å². The maximum absolute atomic E-state index is 12.7.